The van der Waals surface area contributed by atoms with Crippen LogP contribution in [0.1, 0.15) is 23.8 Å². The zero-order valence-corrected chi connectivity index (χ0v) is 13.1. The van der Waals surface area contributed by atoms with Crippen molar-refractivity contribution in [2.45, 2.75) is 19.9 Å². The van der Waals surface area contributed by atoms with Crippen molar-refractivity contribution in [1.82, 2.24) is 19.5 Å². The van der Waals surface area contributed by atoms with Crippen LogP contribution in [0.25, 0.3) is 22.6 Å². The Morgan fingerprint density at radius 1 is 1.30 bits per heavy atom. The molecule has 0 atom stereocenters. The predicted molar refractivity (Wildman–Crippen MR) is 87.4 cm³/mol. The number of hydrogen-bond donors (Lipinski definition) is 2. The monoisotopic (exact) mass is 331 g/mol. The number of nitrogens with zero attached hydrogens (tertiary/aromatic N) is 3. The highest BCUT2D eigenvalue weighted by molar-refractivity contribution is 6.30. The largest absolute Gasteiger partial charge is 0.364 e. The highest BCUT2D eigenvalue weighted by Crippen LogP contribution is 2.21. The molecule has 0 spiro atoms. The SMILES string of the molecule is CCCn1c(=O)[nH]c2c(C(N)=O)nc(-c3ccc(Cl)cc3)nc21. The molecule has 1 aromatic carbocycles. The summed E-state index contributed by atoms with van der Waals surface area (Å²) in [5.74, 6) is -0.413. The van der Waals surface area contributed by atoms with Crippen LogP contribution >= 0.6 is 11.6 Å². The van der Waals surface area contributed by atoms with Crippen LogP contribution in [0.15, 0.2) is 29.1 Å². The zero-order valence-electron chi connectivity index (χ0n) is 12.3. The summed E-state index contributed by atoms with van der Waals surface area (Å²) >= 11 is 5.88. The minimum atomic E-state index is -0.725. The van der Waals surface area contributed by atoms with Crippen molar-refractivity contribution in [1.29, 1.82) is 0 Å². The maximum absolute atomic E-state index is 12.1. The normalized spacial score (nSPS) is 11.0. The molecule has 2 aromatic heterocycles. The molecule has 0 bridgehead atoms. The third kappa shape index (κ3) is 2.70. The lowest BCUT2D eigenvalue weighted by atomic mass is 10.2. The Balaban J connectivity index is 2.31. The molecule has 23 heavy (non-hydrogen) atoms. The average Bonchev–Trinajstić information content (AvgIpc) is 2.83. The van der Waals surface area contributed by atoms with E-state index in [4.69, 9.17) is 17.3 Å². The summed E-state index contributed by atoms with van der Waals surface area (Å²) in [6.45, 7) is 2.43. The number of H-pyrrole nitrogens is 1. The molecule has 7 nitrogen and oxygen atoms in total. The first kappa shape index (κ1) is 15.2. The number of hydrogen-bond acceptors (Lipinski definition) is 4. The third-order valence-corrected chi connectivity index (χ3v) is 3.66. The molecule has 0 saturated heterocycles. The molecule has 118 valence electrons. The maximum atomic E-state index is 12.1. The van der Waals surface area contributed by atoms with Gasteiger partial charge < -0.3 is 10.7 Å². The third-order valence-electron chi connectivity index (χ3n) is 3.41. The number of aryl methyl sites for hydroxylation is 1. The first-order valence-corrected chi connectivity index (χ1v) is 7.45. The van der Waals surface area contributed by atoms with Crippen LogP contribution < -0.4 is 11.4 Å². The van der Waals surface area contributed by atoms with E-state index in [-0.39, 0.29) is 16.9 Å². The highest BCUT2D eigenvalue weighted by atomic mass is 35.5. The van der Waals surface area contributed by atoms with Gasteiger partial charge in [0, 0.05) is 17.1 Å². The van der Waals surface area contributed by atoms with E-state index in [2.05, 4.69) is 15.0 Å². The molecule has 2 heterocycles. The summed E-state index contributed by atoms with van der Waals surface area (Å²) in [7, 11) is 0. The van der Waals surface area contributed by atoms with E-state index >= 15 is 0 Å². The number of carbonyl (C=O) groups is 1. The number of primary amides is 1. The number of rotatable bonds is 4. The fraction of sp³-hybridized carbons (Fsp3) is 0.200. The lowest BCUT2D eigenvalue weighted by molar-refractivity contribution is 0.0997. The van der Waals surface area contributed by atoms with E-state index in [1.807, 2.05) is 6.92 Å². The smallest absolute Gasteiger partial charge is 0.327 e. The molecular weight excluding hydrogens is 318 g/mol. The van der Waals surface area contributed by atoms with Crippen LogP contribution in [0.3, 0.4) is 0 Å². The van der Waals surface area contributed by atoms with Gasteiger partial charge in [-0.3, -0.25) is 9.36 Å². The summed E-state index contributed by atoms with van der Waals surface area (Å²) in [6, 6.07) is 6.88. The maximum Gasteiger partial charge on any atom is 0.327 e. The zero-order chi connectivity index (χ0) is 16.6. The van der Waals surface area contributed by atoms with Crippen LogP contribution in [0.5, 0.6) is 0 Å². The molecular formula is C15H14ClN5O2. The van der Waals surface area contributed by atoms with Crippen LogP contribution in [-0.2, 0) is 6.54 Å². The van der Waals surface area contributed by atoms with Gasteiger partial charge in [-0.15, -0.1) is 0 Å². The summed E-state index contributed by atoms with van der Waals surface area (Å²) in [5, 5.41) is 0.578. The first-order valence-electron chi connectivity index (χ1n) is 7.07. The molecule has 0 saturated carbocycles. The van der Waals surface area contributed by atoms with Gasteiger partial charge >= 0.3 is 5.69 Å². The number of aromatic nitrogens is 4. The van der Waals surface area contributed by atoms with Gasteiger partial charge in [0.25, 0.3) is 5.91 Å². The summed E-state index contributed by atoms with van der Waals surface area (Å²) in [6.07, 6.45) is 0.749. The van der Waals surface area contributed by atoms with Gasteiger partial charge in [0.05, 0.1) is 0 Å². The van der Waals surface area contributed by atoms with Crippen molar-refractivity contribution >= 4 is 28.7 Å². The van der Waals surface area contributed by atoms with Gasteiger partial charge in [0.1, 0.15) is 5.52 Å². The van der Waals surface area contributed by atoms with E-state index in [1.54, 1.807) is 24.3 Å². The Hall–Kier alpha value is -2.67. The van der Waals surface area contributed by atoms with Gasteiger partial charge in [0.2, 0.25) is 0 Å². The Morgan fingerprint density at radius 3 is 2.61 bits per heavy atom. The Bertz CT molecular complexity index is 943. The van der Waals surface area contributed by atoms with E-state index < -0.39 is 5.91 Å². The van der Waals surface area contributed by atoms with Crippen molar-refractivity contribution in [2.24, 2.45) is 5.73 Å². The number of nitrogens with two attached hydrogens (primary N) is 1. The lowest BCUT2D eigenvalue weighted by Gasteiger charge is -2.05. The van der Waals surface area contributed by atoms with Crippen molar-refractivity contribution in [3.05, 3.63) is 45.5 Å². The molecule has 3 N–H and O–H groups in total. The molecule has 0 fully saturated rings. The molecule has 0 aliphatic heterocycles. The van der Waals surface area contributed by atoms with Gasteiger partial charge in [-0.2, -0.15) is 0 Å². The topological polar surface area (TPSA) is 107 Å². The van der Waals surface area contributed by atoms with Crippen LogP contribution in [0.4, 0.5) is 0 Å². The molecule has 0 aliphatic carbocycles. The van der Waals surface area contributed by atoms with Gasteiger partial charge in [-0.25, -0.2) is 14.8 Å². The van der Waals surface area contributed by atoms with E-state index in [0.717, 1.165) is 6.42 Å². The Labute approximate surface area is 136 Å². The molecule has 0 unspecified atom stereocenters. The number of imidazole rings is 1. The van der Waals surface area contributed by atoms with Crippen LogP contribution in [0, 0.1) is 0 Å². The van der Waals surface area contributed by atoms with E-state index in [0.29, 0.717) is 28.6 Å². The molecule has 8 heteroatoms. The van der Waals surface area contributed by atoms with Gasteiger partial charge in [0.15, 0.2) is 17.2 Å². The standard InChI is InChI=1S/C15H14ClN5O2/c1-2-7-21-14-11(19-15(21)23)10(12(17)22)18-13(20-14)8-3-5-9(16)6-4-8/h3-6H,2,7H2,1H3,(H2,17,22)(H,19,23). The molecule has 0 radical (unpaired) electrons. The molecule has 3 aromatic rings. The number of carbonyl (C=O) groups excluding carboxylic acids is 1. The first-order chi connectivity index (χ1) is 11.0. The number of fused-ring (bicyclic) bond motifs is 1. The fourth-order valence-corrected chi connectivity index (χ4v) is 2.49. The van der Waals surface area contributed by atoms with Crippen LogP contribution in [-0.4, -0.2) is 25.4 Å². The minimum absolute atomic E-state index is 0.00750. The number of benzene rings is 1. The summed E-state index contributed by atoms with van der Waals surface area (Å²) < 4.78 is 1.48. The minimum Gasteiger partial charge on any atom is -0.364 e. The predicted octanol–water partition coefficient (Wildman–Crippen LogP) is 1.95. The van der Waals surface area contributed by atoms with Crippen molar-refractivity contribution in [3.8, 4) is 11.4 Å². The lowest BCUT2D eigenvalue weighted by Crippen LogP contribution is -2.16. The number of amides is 1. The van der Waals surface area contributed by atoms with Gasteiger partial charge in [-0.05, 0) is 30.7 Å². The quantitative estimate of drug-likeness (QED) is 0.761. The second-order valence-corrected chi connectivity index (χ2v) is 5.48. The summed E-state index contributed by atoms with van der Waals surface area (Å²) in [5.41, 5.74) is 6.35. The number of nitrogens with one attached hydrogen (secondary N) is 1. The molecule has 0 aliphatic rings. The fourth-order valence-electron chi connectivity index (χ4n) is 2.37. The molecule has 1 amide bonds. The second kappa shape index (κ2) is 5.85. The highest BCUT2D eigenvalue weighted by Gasteiger charge is 2.18. The number of aromatic amines is 1. The van der Waals surface area contributed by atoms with Crippen molar-refractivity contribution in [3.63, 3.8) is 0 Å². The summed E-state index contributed by atoms with van der Waals surface area (Å²) in [4.78, 5) is 35.0. The number of halogens is 1. The van der Waals surface area contributed by atoms with Gasteiger partial charge in [-0.1, -0.05) is 18.5 Å². The average molecular weight is 332 g/mol. The van der Waals surface area contributed by atoms with E-state index in [1.165, 1.54) is 4.57 Å². The molecule has 3 rings (SSSR count). The Morgan fingerprint density at radius 2 is 2.00 bits per heavy atom. The van der Waals surface area contributed by atoms with E-state index in [9.17, 15) is 9.59 Å². The van der Waals surface area contributed by atoms with Crippen LogP contribution in [0.2, 0.25) is 5.02 Å². The van der Waals surface area contributed by atoms with Crippen molar-refractivity contribution < 1.29 is 4.79 Å². The Kier molecular flexibility index (Phi) is 3.87. The second-order valence-electron chi connectivity index (χ2n) is 5.05. The van der Waals surface area contributed by atoms with Crippen molar-refractivity contribution in [2.75, 3.05) is 0 Å².